The molecule has 2 aliphatic heterocycles. The predicted octanol–water partition coefficient (Wildman–Crippen LogP) is 0.389. The molecule has 0 aromatic heterocycles. The van der Waals surface area contributed by atoms with Crippen LogP contribution in [0.15, 0.2) is 0 Å². The SMILES string of the molecule is CNC(COC)CN1CCC2CCC(C1)N2C. The fourth-order valence-corrected chi connectivity index (χ4v) is 3.29. The highest BCUT2D eigenvalue weighted by molar-refractivity contribution is 4.91. The minimum Gasteiger partial charge on any atom is -0.383 e. The van der Waals surface area contributed by atoms with Gasteiger partial charge in [0, 0.05) is 38.3 Å². The number of likely N-dealkylation sites (N-methyl/N-ethyl adjacent to an activating group) is 2. The molecule has 2 saturated heterocycles. The second-order valence-electron chi connectivity index (χ2n) is 5.54. The number of methoxy groups -OCH3 is 1. The molecule has 3 unspecified atom stereocenters. The second kappa shape index (κ2) is 6.14. The van der Waals surface area contributed by atoms with Gasteiger partial charge in [0.05, 0.1) is 6.61 Å². The Bertz CT molecular complexity index is 237. The number of fused-ring (bicyclic) bond motifs is 2. The average molecular weight is 241 g/mol. The third-order valence-electron chi connectivity index (χ3n) is 4.49. The number of nitrogens with one attached hydrogen (secondary N) is 1. The second-order valence-corrected chi connectivity index (χ2v) is 5.54. The van der Waals surface area contributed by atoms with Gasteiger partial charge in [-0.1, -0.05) is 0 Å². The zero-order chi connectivity index (χ0) is 12.3. The van der Waals surface area contributed by atoms with Crippen molar-refractivity contribution in [3.05, 3.63) is 0 Å². The Balaban J connectivity index is 1.86. The number of hydrogen-bond acceptors (Lipinski definition) is 4. The standard InChI is InChI=1S/C13H27N3O/c1-14-11(10-17-3)8-16-7-6-12-4-5-13(9-16)15(12)2/h11-14H,4-10H2,1-3H3. The number of ether oxygens (including phenoxy) is 1. The summed E-state index contributed by atoms with van der Waals surface area (Å²) in [5, 5.41) is 3.35. The van der Waals surface area contributed by atoms with Crippen LogP contribution in [0.25, 0.3) is 0 Å². The van der Waals surface area contributed by atoms with Gasteiger partial charge in [0.1, 0.15) is 0 Å². The van der Waals surface area contributed by atoms with Crippen molar-refractivity contribution < 1.29 is 4.74 Å². The molecule has 17 heavy (non-hydrogen) atoms. The molecule has 0 aromatic carbocycles. The number of hydrogen-bond donors (Lipinski definition) is 1. The molecule has 2 rings (SSSR count). The lowest BCUT2D eigenvalue weighted by molar-refractivity contribution is 0.136. The van der Waals surface area contributed by atoms with Gasteiger partial charge in [0.25, 0.3) is 0 Å². The van der Waals surface area contributed by atoms with Gasteiger partial charge in [-0.25, -0.2) is 0 Å². The average Bonchev–Trinajstić information content (AvgIpc) is 2.56. The summed E-state index contributed by atoms with van der Waals surface area (Å²) in [4.78, 5) is 5.21. The Labute approximate surface area is 105 Å². The summed E-state index contributed by atoms with van der Waals surface area (Å²) in [7, 11) is 6.11. The lowest BCUT2D eigenvalue weighted by Gasteiger charge is -2.29. The molecule has 100 valence electrons. The highest BCUT2D eigenvalue weighted by atomic mass is 16.5. The van der Waals surface area contributed by atoms with Crippen LogP contribution in [0.5, 0.6) is 0 Å². The molecule has 0 aliphatic carbocycles. The molecule has 1 N–H and O–H groups in total. The van der Waals surface area contributed by atoms with E-state index < -0.39 is 0 Å². The summed E-state index contributed by atoms with van der Waals surface area (Å²) in [6.07, 6.45) is 4.12. The largest absolute Gasteiger partial charge is 0.383 e. The summed E-state index contributed by atoms with van der Waals surface area (Å²) in [5.74, 6) is 0. The Morgan fingerprint density at radius 3 is 2.76 bits per heavy atom. The number of rotatable bonds is 5. The maximum Gasteiger partial charge on any atom is 0.0628 e. The minimum atomic E-state index is 0.460. The van der Waals surface area contributed by atoms with Crippen LogP contribution in [-0.2, 0) is 4.74 Å². The van der Waals surface area contributed by atoms with E-state index in [1.54, 1.807) is 7.11 Å². The van der Waals surface area contributed by atoms with Crippen LogP contribution in [0.3, 0.4) is 0 Å². The van der Waals surface area contributed by atoms with Gasteiger partial charge in [-0.3, -0.25) is 4.90 Å². The van der Waals surface area contributed by atoms with Crippen LogP contribution < -0.4 is 5.32 Å². The zero-order valence-corrected chi connectivity index (χ0v) is 11.5. The van der Waals surface area contributed by atoms with Crippen molar-refractivity contribution in [2.24, 2.45) is 0 Å². The van der Waals surface area contributed by atoms with Crippen molar-refractivity contribution in [2.45, 2.75) is 37.4 Å². The molecule has 0 radical (unpaired) electrons. The van der Waals surface area contributed by atoms with Crippen LogP contribution >= 0.6 is 0 Å². The maximum atomic E-state index is 5.25. The molecule has 4 heteroatoms. The van der Waals surface area contributed by atoms with Crippen molar-refractivity contribution >= 4 is 0 Å². The normalized spacial score (nSPS) is 32.6. The van der Waals surface area contributed by atoms with E-state index in [0.717, 1.165) is 25.2 Å². The van der Waals surface area contributed by atoms with Crippen LogP contribution in [0.1, 0.15) is 19.3 Å². The van der Waals surface area contributed by atoms with Gasteiger partial charge in [0.15, 0.2) is 0 Å². The Morgan fingerprint density at radius 2 is 2.06 bits per heavy atom. The quantitative estimate of drug-likeness (QED) is 0.753. The summed E-state index contributed by atoms with van der Waals surface area (Å²) in [5.41, 5.74) is 0. The summed E-state index contributed by atoms with van der Waals surface area (Å²) < 4.78 is 5.25. The van der Waals surface area contributed by atoms with E-state index in [1.165, 1.54) is 32.4 Å². The molecule has 2 fully saturated rings. The fraction of sp³-hybridized carbons (Fsp3) is 1.00. The van der Waals surface area contributed by atoms with E-state index in [4.69, 9.17) is 4.74 Å². The van der Waals surface area contributed by atoms with E-state index in [9.17, 15) is 0 Å². The molecule has 3 atom stereocenters. The molecule has 4 nitrogen and oxygen atoms in total. The van der Waals surface area contributed by atoms with Crippen molar-refractivity contribution in [1.82, 2.24) is 15.1 Å². The van der Waals surface area contributed by atoms with Crippen molar-refractivity contribution in [1.29, 1.82) is 0 Å². The molecule has 2 bridgehead atoms. The summed E-state index contributed by atoms with van der Waals surface area (Å²) >= 11 is 0. The lowest BCUT2D eigenvalue weighted by Crippen LogP contribution is -2.45. The van der Waals surface area contributed by atoms with Crippen molar-refractivity contribution in [3.8, 4) is 0 Å². The van der Waals surface area contributed by atoms with Gasteiger partial charge < -0.3 is 15.0 Å². The summed E-state index contributed by atoms with van der Waals surface area (Å²) in [6, 6.07) is 2.07. The molecule has 2 aliphatic rings. The topological polar surface area (TPSA) is 27.7 Å². The van der Waals surface area contributed by atoms with Crippen LogP contribution in [-0.4, -0.2) is 75.4 Å². The van der Waals surface area contributed by atoms with Gasteiger partial charge in [0.2, 0.25) is 0 Å². The van der Waals surface area contributed by atoms with Crippen LogP contribution in [0.4, 0.5) is 0 Å². The van der Waals surface area contributed by atoms with Gasteiger partial charge >= 0.3 is 0 Å². The minimum absolute atomic E-state index is 0.460. The lowest BCUT2D eigenvalue weighted by atomic mass is 10.1. The molecule has 0 saturated carbocycles. The van der Waals surface area contributed by atoms with Crippen molar-refractivity contribution in [2.75, 3.05) is 47.4 Å². The first-order valence-corrected chi connectivity index (χ1v) is 6.85. The molecule has 0 aromatic rings. The zero-order valence-electron chi connectivity index (χ0n) is 11.5. The summed E-state index contributed by atoms with van der Waals surface area (Å²) in [6.45, 7) is 4.39. The molecule has 0 spiro atoms. The Kier molecular flexibility index (Phi) is 4.79. The van der Waals surface area contributed by atoms with E-state index in [1.807, 2.05) is 7.05 Å². The first-order valence-electron chi connectivity index (χ1n) is 6.85. The first kappa shape index (κ1) is 13.3. The molecule has 0 amide bonds. The molecule has 2 heterocycles. The van der Waals surface area contributed by atoms with Gasteiger partial charge in [-0.15, -0.1) is 0 Å². The highest BCUT2D eigenvalue weighted by Crippen LogP contribution is 2.28. The molecular weight excluding hydrogens is 214 g/mol. The van der Waals surface area contributed by atoms with E-state index in [0.29, 0.717) is 6.04 Å². The first-order chi connectivity index (χ1) is 8.24. The monoisotopic (exact) mass is 241 g/mol. The Morgan fingerprint density at radius 1 is 1.29 bits per heavy atom. The number of nitrogens with zero attached hydrogens (tertiary/aromatic N) is 2. The van der Waals surface area contributed by atoms with Crippen LogP contribution in [0.2, 0.25) is 0 Å². The third-order valence-corrected chi connectivity index (χ3v) is 4.49. The smallest absolute Gasteiger partial charge is 0.0628 e. The fourth-order valence-electron chi connectivity index (χ4n) is 3.29. The Hall–Kier alpha value is -0.160. The van der Waals surface area contributed by atoms with Crippen molar-refractivity contribution in [3.63, 3.8) is 0 Å². The van der Waals surface area contributed by atoms with Gasteiger partial charge in [-0.05, 0) is 39.9 Å². The number of likely N-dealkylation sites (tertiary alicyclic amines) is 1. The van der Waals surface area contributed by atoms with E-state index in [-0.39, 0.29) is 0 Å². The maximum absolute atomic E-state index is 5.25. The van der Waals surface area contributed by atoms with E-state index >= 15 is 0 Å². The van der Waals surface area contributed by atoms with E-state index in [2.05, 4.69) is 22.2 Å². The van der Waals surface area contributed by atoms with Crippen LogP contribution in [0, 0.1) is 0 Å². The van der Waals surface area contributed by atoms with Gasteiger partial charge in [-0.2, -0.15) is 0 Å². The molecular formula is C13H27N3O. The highest BCUT2D eigenvalue weighted by Gasteiger charge is 2.34. The third kappa shape index (κ3) is 3.19. The predicted molar refractivity (Wildman–Crippen MR) is 70.4 cm³/mol.